The van der Waals surface area contributed by atoms with Gasteiger partial charge < -0.3 is 9.09 Å². The van der Waals surface area contributed by atoms with Gasteiger partial charge in [0.1, 0.15) is 11.3 Å². The third kappa shape index (κ3) is 1.93. The van der Waals surface area contributed by atoms with Gasteiger partial charge in [-0.15, -0.1) is 11.6 Å². The molecule has 3 aromatic rings. The molecule has 0 aromatic carbocycles. The molecule has 18 heavy (non-hydrogen) atoms. The molecule has 0 unspecified atom stereocenters. The van der Waals surface area contributed by atoms with E-state index in [0.717, 1.165) is 0 Å². The van der Waals surface area contributed by atoms with E-state index in [-0.39, 0.29) is 5.88 Å². The van der Waals surface area contributed by atoms with Crippen molar-refractivity contribution in [3.8, 4) is 0 Å². The van der Waals surface area contributed by atoms with Crippen molar-refractivity contribution in [3.05, 3.63) is 35.3 Å². The smallest absolute Gasteiger partial charge is 0.213 e. The van der Waals surface area contributed by atoms with Crippen LogP contribution in [0.15, 0.2) is 23.2 Å². The number of hydrogen-bond donors (Lipinski definition) is 0. The monoisotopic (exact) mass is 283 g/mol. The Labute approximate surface area is 112 Å². The summed E-state index contributed by atoms with van der Waals surface area (Å²) in [4.78, 5) is 12.6. The van der Waals surface area contributed by atoms with Crippen molar-refractivity contribution in [2.45, 2.75) is 12.4 Å². The number of fused-ring (bicyclic) bond motifs is 1. The van der Waals surface area contributed by atoms with E-state index in [0.29, 0.717) is 34.4 Å². The fraction of sp³-hybridized carbons (Fsp3) is 0.200. The number of alkyl halides is 1. The number of aromatic nitrogens is 5. The zero-order valence-corrected chi connectivity index (χ0v) is 10.6. The Balaban J connectivity index is 2.13. The van der Waals surface area contributed by atoms with Gasteiger partial charge in [-0.3, -0.25) is 0 Å². The van der Waals surface area contributed by atoms with E-state index < -0.39 is 0 Å². The number of imidazole rings is 1. The Kier molecular flexibility index (Phi) is 2.89. The first-order valence-corrected chi connectivity index (χ1v) is 6.01. The van der Waals surface area contributed by atoms with Gasteiger partial charge in [0.2, 0.25) is 6.39 Å². The topological polar surface area (TPSA) is 69.6 Å². The van der Waals surface area contributed by atoms with Crippen LogP contribution in [0.3, 0.4) is 0 Å². The SMILES string of the molecule is ClCc1nc2cc(Cl)cnc2n1Cc1ncon1. The van der Waals surface area contributed by atoms with Crippen LogP contribution in [0, 0.1) is 0 Å². The highest BCUT2D eigenvalue weighted by atomic mass is 35.5. The summed E-state index contributed by atoms with van der Waals surface area (Å²) in [5, 5.41) is 4.29. The molecule has 8 heteroatoms. The number of hydrogen-bond acceptors (Lipinski definition) is 5. The summed E-state index contributed by atoms with van der Waals surface area (Å²) in [7, 11) is 0. The van der Waals surface area contributed by atoms with Crippen LogP contribution >= 0.6 is 23.2 Å². The summed E-state index contributed by atoms with van der Waals surface area (Å²) < 4.78 is 6.54. The van der Waals surface area contributed by atoms with Crippen molar-refractivity contribution in [1.29, 1.82) is 0 Å². The molecule has 0 amide bonds. The Hall–Kier alpha value is -1.66. The molecule has 3 aromatic heterocycles. The van der Waals surface area contributed by atoms with Crippen LogP contribution in [0.1, 0.15) is 11.6 Å². The minimum atomic E-state index is 0.270. The maximum absolute atomic E-state index is 5.88. The highest BCUT2D eigenvalue weighted by molar-refractivity contribution is 6.31. The van der Waals surface area contributed by atoms with E-state index in [9.17, 15) is 0 Å². The first-order chi connectivity index (χ1) is 8.78. The predicted octanol–water partition coefficient (Wildman–Crippen LogP) is 2.25. The van der Waals surface area contributed by atoms with E-state index in [4.69, 9.17) is 27.7 Å². The van der Waals surface area contributed by atoms with Gasteiger partial charge in [-0.1, -0.05) is 16.8 Å². The average Bonchev–Trinajstić information content (AvgIpc) is 2.97. The standard InChI is InChI=1S/C10H7Cl2N5O/c11-2-9-15-7-1-6(12)3-13-10(7)17(9)4-8-14-5-18-16-8/h1,3,5H,2,4H2. The first kappa shape index (κ1) is 11.4. The molecule has 3 rings (SSSR count). The minimum Gasteiger partial charge on any atom is -0.343 e. The summed E-state index contributed by atoms with van der Waals surface area (Å²) in [5.41, 5.74) is 1.39. The van der Waals surface area contributed by atoms with Crippen LogP contribution in [0.25, 0.3) is 11.2 Å². The molecule has 0 radical (unpaired) electrons. The fourth-order valence-corrected chi connectivity index (χ4v) is 2.06. The van der Waals surface area contributed by atoms with Gasteiger partial charge in [-0.2, -0.15) is 4.98 Å². The van der Waals surface area contributed by atoms with E-state index in [1.807, 2.05) is 4.57 Å². The molecule has 0 aliphatic carbocycles. The molecular formula is C10H7Cl2N5O. The molecule has 3 heterocycles. The second-order valence-electron chi connectivity index (χ2n) is 3.59. The third-order valence-corrected chi connectivity index (χ3v) is 2.90. The van der Waals surface area contributed by atoms with E-state index in [2.05, 4.69) is 20.1 Å². The molecule has 92 valence electrons. The number of halogens is 2. The van der Waals surface area contributed by atoms with E-state index in [1.165, 1.54) is 6.39 Å². The second-order valence-corrected chi connectivity index (χ2v) is 4.30. The summed E-state index contributed by atoms with van der Waals surface area (Å²) in [6.07, 6.45) is 2.84. The quantitative estimate of drug-likeness (QED) is 0.690. The average molecular weight is 284 g/mol. The van der Waals surface area contributed by atoms with Crippen LogP contribution in [-0.2, 0) is 12.4 Å². The van der Waals surface area contributed by atoms with Crippen molar-refractivity contribution >= 4 is 34.4 Å². The van der Waals surface area contributed by atoms with Crippen LogP contribution in [0.4, 0.5) is 0 Å². The maximum atomic E-state index is 5.88. The normalized spacial score (nSPS) is 11.2. The molecule has 0 saturated heterocycles. The molecular weight excluding hydrogens is 277 g/mol. The Morgan fingerprint density at radius 1 is 1.33 bits per heavy atom. The van der Waals surface area contributed by atoms with Gasteiger partial charge in [0, 0.05) is 6.20 Å². The Morgan fingerprint density at radius 2 is 2.22 bits per heavy atom. The van der Waals surface area contributed by atoms with Gasteiger partial charge in [-0.25, -0.2) is 9.97 Å². The van der Waals surface area contributed by atoms with Gasteiger partial charge in [0.15, 0.2) is 11.5 Å². The predicted molar refractivity (Wildman–Crippen MR) is 65.5 cm³/mol. The third-order valence-electron chi connectivity index (χ3n) is 2.46. The minimum absolute atomic E-state index is 0.270. The molecule has 0 aliphatic rings. The van der Waals surface area contributed by atoms with Crippen molar-refractivity contribution in [2.24, 2.45) is 0 Å². The molecule has 0 aliphatic heterocycles. The van der Waals surface area contributed by atoms with E-state index in [1.54, 1.807) is 12.3 Å². The van der Waals surface area contributed by atoms with Crippen molar-refractivity contribution in [2.75, 3.05) is 0 Å². The van der Waals surface area contributed by atoms with E-state index >= 15 is 0 Å². The summed E-state index contributed by atoms with van der Waals surface area (Å²) in [6.45, 7) is 0.406. The van der Waals surface area contributed by atoms with Gasteiger partial charge in [0.25, 0.3) is 0 Å². The molecule has 0 spiro atoms. The number of pyridine rings is 1. The second kappa shape index (κ2) is 4.55. The zero-order chi connectivity index (χ0) is 12.5. The molecule has 0 saturated carbocycles. The molecule has 6 nitrogen and oxygen atoms in total. The van der Waals surface area contributed by atoms with Gasteiger partial charge in [-0.05, 0) is 6.07 Å². The lowest BCUT2D eigenvalue weighted by atomic mass is 10.4. The summed E-state index contributed by atoms with van der Waals surface area (Å²) in [5.74, 6) is 1.50. The maximum Gasteiger partial charge on any atom is 0.213 e. The summed E-state index contributed by atoms with van der Waals surface area (Å²) in [6, 6.07) is 1.74. The van der Waals surface area contributed by atoms with Gasteiger partial charge in [0.05, 0.1) is 17.4 Å². The lowest BCUT2D eigenvalue weighted by Gasteiger charge is -2.02. The first-order valence-electron chi connectivity index (χ1n) is 5.10. The van der Waals surface area contributed by atoms with Crippen LogP contribution < -0.4 is 0 Å². The Bertz CT molecular complexity index is 679. The van der Waals surface area contributed by atoms with Crippen molar-refractivity contribution in [1.82, 2.24) is 24.7 Å². The number of nitrogens with zero attached hydrogens (tertiary/aromatic N) is 5. The summed E-state index contributed by atoms with van der Waals surface area (Å²) >= 11 is 11.8. The van der Waals surface area contributed by atoms with Crippen LogP contribution in [0.2, 0.25) is 5.02 Å². The molecule has 0 atom stereocenters. The van der Waals surface area contributed by atoms with Gasteiger partial charge >= 0.3 is 0 Å². The van der Waals surface area contributed by atoms with Crippen LogP contribution in [-0.4, -0.2) is 24.7 Å². The molecule has 0 bridgehead atoms. The molecule has 0 fully saturated rings. The zero-order valence-electron chi connectivity index (χ0n) is 9.05. The lowest BCUT2D eigenvalue weighted by molar-refractivity contribution is 0.408. The van der Waals surface area contributed by atoms with Crippen LogP contribution in [0.5, 0.6) is 0 Å². The largest absolute Gasteiger partial charge is 0.343 e. The molecule has 0 N–H and O–H groups in total. The highest BCUT2D eigenvalue weighted by Gasteiger charge is 2.13. The van der Waals surface area contributed by atoms with Crippen molar-refractivity contribution in [3.63, 3.8) is 0 Å². The highest BCUT2D eigenvalue weighted by Crippen LogP contribution is 2.19. The number of rotatable bonds is 3. The van der Waals surface area contributed by atoms with Crippen molar-refractivity contribution < 1.29 is 4.52 Å². The lowest BCUT2D eigenvalue weighted by Crippen LogP contribution is -2.05. The fourth-order valence-electron chi connectivity index (χ4n) is 1.70. The Morgan fingerprint density at radius 3 is 2.94 bits per heavy atom.